The van der Waals surface area contributed by atoms with Gasteiger partial charge >= 0.3 is 0 Å². The molecule has 0 unspecified atom stereocenters. The highest BCUT2D eigenvalue weighted by Gasteiger charge is 2.41. The Morgan fingerprint density at radius 1 is 1.38 bits per heavy atom. The van der Waals surface area contributed by atoms with E-state index >= 15 is 0 Å². The topological polar surface area (TPSA) is 53.5 Å². The van der Waals surface area contributed by atoms with Gasteiger partial charge in [-0.3, -0.25) is 9.79 Å². The summed E-state index contributed by atoms with van der Waals surface area (Å²) in [5.74, 6) is -0.0216. The molecule has 1 saturated heterocycles. The average molecular weight is 304 g/mol. The lowest BCUT2D eigenvalue weighted by Gasteiger charge is -2.32. The van der Waals surface area contributed by atoms with Crippen LogP contribution in [0.15, 0.2) is 35.8 Å². The zero-order valence-electron chi connectivity index (χ0n) is 11.8. The molecule has 2 aliphatic heterocycles. The summed E-state index contributed by atoms with van der Waals surface area (Å²) >= 11 is 6.11. The number of hydrogen-bond donors (Lipinski definition) is 2. The molecule has 5 heteroatoms. The quantitative estimate of drug-likeness (QED) is 0.826. The lowest BCUT2D eigenvalue weighted by atomic mass is 9.88. The molecule has 0 aromatic heterocycles. The van der Waals surface area contributed by atoms with Gasteiger partial charge in [0.15, 0.2) is 0 Å². The third-order valence-corrected chi connectivity index (χ3v) is 4.32. The lowest BCUT2D eigenvalue weighted by molar-refractivity contribution is -0.121. The number of allylic oxidation sites excluding steroid dienone is 1. The molecule has 1 spiro atoms. The zero-order chi connectivity index (χ0) is 14.9. The summed E-state index contributed by atoms with van der Waals surface area (Å²) in [5.41, 5.74) is 1.88. The molecule has 0 atom stereocenters. The number of aliphatic imine (C=N–C) groups is 1. The summed E-state index contributed by atoms with van der Waals surface area (Å²) in [6.07, 6.45) is 3.86. The Labute approximate surface area is 129 Å². The number of anilines is 1. The molecular formula is C16H18ClN3O. The molecule has 0 saturated carbocycles. The van der Waals surface area contributed by atoms with Crippen molar-refractivity contribution < 1.29 is 4.79 Å². The molecule has 110 valence electrons. The van der Waals surface area contributed by atoms with Crippen molar-refractivity contribution in [3.63, 3.8) is 0 Å². The molecule has 1 aromatic rings. The van der Waals surface area contributed by atoms with Gasteiger partial charge in [-0.1, -0.05) is 17.7 Å². The van der Waals surface area contributed by atoms with E-state index in [0.29, 0.717) is 24.3 Å². The fourth-order valence-corrected chi connectivity index (χ4v) is 3.12. The number of rotatable bonds is 2. The molecule has 0 radical (unpaired) electrons. The van der Waals surface area contributed by atoms with Crippen LogP contribution in [0, 0.1) is 0 Å². The Bertz CT molecular complexity index is 618. The molecule has 2 aliphatic rings. The minimum atomic E-state index is -0.672. The van der Waals surface area contributed by atoms with Crippen LogP contribution in [0.2, 0.25) is 5.02 Å². The van der Waals surface area contributed by atoms with E-state index in [1.807, 2.05) is 18.2 Å². The predicted octanol–water partition coefficient (Wildman–Crippen LogP) is 2.78. The molecular weight excluding hydrogens is 286 g/mol. The van der Waals surface area contributed by atoms with E-state index < -0.39 is 5.54 Å². The first-order valence-corrected chi connectivity index (χ1v) is 7.54. The second kappa shape index (κ2) is 5.62. The van der Waals surface area contributed by atoms with Crippen LogP contribution in [0.25, 0.3) is 0 Å². The molecule has 4 nitrogen and oxygen atoms in total. The maximum Gasteiger partial charge on any atom is 0.252 e. The van der Waals surface area contributed by atoms with Gasteiger partial charge in [0.05, 0.1) is 0 Å². The average Bonchev–Trinajstić information content (AvgIpc) is 2.58. The van der Waals surface area contributed by atoms with Gasteiger partial charge in [0.25, 0.3) is 5.91 Å². The molecule has 21 heavy (non-hydrogen) atoms. The fourth-order valence-electron chi connectivity index (χ4n) is 2.94. The number of carbonyl (C=O) groups is 1. The van der Waals surface area contributed by atoms with E-state index in [0.717, 1.165) is 30.1 Å². The molecule has 1 aromatic carbocycles. The minimum Gasteiger partial charge on any atom is -0.323 e. The van der Waals surface area contributed by atoms with Gasteiger partial charge in [-0.05, 0) is 44.1 Å². The Hall–Kier alpha value is -1.65. The lowest BCUT2D eigenvalue weighted by Crippen LogP contribution is -2.49. The third-order valence-electron chi connectivity index (χ3n) is 4.08. The summed E-state index contributed by atoms with van der Waals surface area (Å²) in [4.78, 5) is 17.5. The van der Waals surface area contributed by atoms with Gasteiger partial charge in [-0.25, -0.2) is 0 Å². The number of nitrogens with one attached hydrogen (secondary N) is 2. The van der Waals surface area contributed by atoms with Gasteiger partial charge in [0.2, 0.25) is 0 Å². The number of benzene rings is 1. The molecule has 1 fully saturated rings. The highest BCUT2D eigenvalue weighted by Crippen LogP contribution is 2.33. The Balaban J connectivity index is 2.13. The molecule has 0 bridgehead atoms. The first-order chi connectivity index (χ1) is 10.1. The Morgan fingerprint density at radius 3 is 2.86 bits per heavy atom. The van der Waals surface area contributed by atoms with Crippen LogP contribution in [-0.4, -0.2) is 30.2 Å². The van der Waals surface area contributed by atoms with Crippen LogP contribution in [0.1, 0.15) is 24.8 Å². The van der Waals surface area contributed by atoms with E-state index in [2.05, 4.69) is 17.2 Å². The largest absolute Gasteiger partial charge is 0.323 e. The van der Waals surface area contributed by atoms with Crippen LogP contribution in [-0.2, 0) is 4.79 Å². The number of hydrogen-bond acceptors (Lipinski definition) is 3. The highest BCUT2D eigenvalue weighted by molar-refractivity contribution is 6.31. The van der Waals surface area contributed by atoms with Crippen molar-refractivity contribution in [3.05, 3.63) is 41.4 Å². The van der Waals surface area contributed by atoms with E-state index in [1.54, 1.807) is 6.07 Å². The Kier molecular flexibility index (Phi) is 3.83. The van der Waals surface area contributed by atoms with Crippen LogP contribution in [0.5, 0.6) is 0 Å². The number of fused-ring (bicyclic) bond motifs is 1. The van der Waals surface area contributed by atoms with E-state index in [1.165, 1.54) is 0 Å². The second-order valence-electron chi connectivity index (χ2n) is 5.48. The summed E-state index contributed by atoms with van der Waals surface area (Å²) in [7, 11) is 0. The first-order valence-electron chi connectivity index (χ1n) is 7.16. The number of nitrogens with zero attached hydrogens (tertiary/aromatic N) is 1. The number of carbonyl (C=O) groups excluding carboxylic acids is 1. The van der Waals surface area contributed by atoms with Gasteiger partial charge in [0.1, 0.15) is 5.54 Å². The number of amides is 1. The van der Waals surface area contributed by atoms with Crippen molar-refractivity contribution in [2.24, 2.45) is 4.99 Å². The SMILES string of the molecule is C=CCC1=NC2(CCNCC2)C(=O)Nc2ccc(Cl)cc21. The molecule has 3 rings (SSSR count). The number of piperidine rings is 1. The van der Waals surface area contributed by atoms with Crippen molar-refractivity contribution >= 4 is 28.9 Å². The van der Waals surface area contributed by atoms with E-state index in [-0.39, 0.29) is 5.91 Å². The van der Waals surface area contributed by atoms with Gasteiger partial charge in [-0.2, -0.15) is 0 Å². The standard InChI is InChI=1S/C16H18ClN3O/c1-2-3-14-12-10-11(17)4-5-13(12)19-15(21)16(20-14)6-8-18-9-7-16/h2,4-5,10,18H,1,3,6-9H2,(H,19,21). The third kappa shape index (κ3) is 2.61. The normalized spacial score (nSPS) is 20.2. The highest BCUT2D eigenvalue weighted by atomic mass is 35.5. The van der Waals surface area contributed by atoms with Gasteiger partial charge in [0, 0.05) is 28.4 Å². The van der Waals surface area contributed by atoms with Crippen molar-refractivity contribution in [2.75, 3.05) is 18.4 Å². The first kappa shape index (κ1) is 14.3. The molecule has 2 heterocycles. The maximum atomic E-state index is 12.7. The fraction of sp³-hybridized carbons (Fsp3) is 0.375. The monoisotopic (exact) mass is 303 g/mol. The second-order valence-corrected chi connectivity index (χ2v) is 5.91. The van der Waals surface area contributed by atoms with Crippen molar-refractivity contribution in [1.82, 2.24) is 5.32 Å². The summed E-state index contributed by atoms with van der Waals surface area (Å²) in [6, 6.07) is 5.49. The zero-order valence-corrected chi connectivity index (χ0v) is 12.5. The molecule has 2 N–H and O–H groups in total. The maximum absolute atomic E-state index is 12.7. The van der Waals surface area contributed by atoms with Crippen molar-refractivity contribution in [2.45, 2.75) is 24.8 Å². The molecule has 1 amide bonds. The van der Waals surface area contributed by atoms with Gasteiger partial charge < -0.3 is 10.6 Å². The summed E-state index contributed by atoms with van der Waals surface area (Å²) in [6.45, 7) is 5.40. The predicted molar refractivity (Wildman–Crippen MR) is 86.3 cm³/mol. The summed E-state index contributed by atoms with van der Waals surface area (Å²) < 4.78 is 0. The molecule has 0 aliphatic carbocycles. The van der Waals surface area contributed by atoms with E-state index in [4.69, 9.17) is 16.6 Å². The van der Waals surface area contributed by atoms with Crippen LogP contribution in [0.4, 0.5) is 5.69 Å². The van der Waals surface area contributed by atoms with E-state index in [9.17, 15) is 4.79 Å². The Morgan fingerprint density at radius 2 is 2.14 bits per heavy atom. The number of halogens is 1. The van der Waals surface area contributed by atoms with Crippen molar-refractivity contribution in [3.8, 4) is 0 Å². The smallest absolute Gasteiger partial charge is 0.252 e. The van der Waals surface area contributed by atoms with Gasteiger partial charge in [-0.15, -0.1) is 6.58 Å². The van der Waals surface area contributed by atoms with Crippen LogP contribution >= 0.6 is 11.6 Å². The summed E-state index contributed by atoms with van der Waals surface area (Å²) in [5, 5.41) is 6.95. The van der Waals surface area contributed by atoms with Crippen molar-refractivity contribution in [1.29, 1.82) is 0 Å². The minimum absolute atomic E-state index is 0.0216. The van der Waals surface area contributed by atoms with Crippen LogP contribution in [0.3, 0.4) is 0 Å². The van der Waals surface area contributed by atoms with Crippen LogP contribution < -0.4 is 10.6 Å².